The number of rotatable bonds is 4. The molecule has 0 N–H and O–H groups in total. The van der Waals surface area contributed by atoms with Crippen LogP contribution in [0.1, 0.15) is 43.7 Å². The number of ether oxygens (including phenoxy) is 1. The molecular formula is C28H30N2O5. The first-order chi connectivity index (χ1) is 16.7. The Balaban J connectivity index is 1.27. The number of anilines is 2. The van der Waals surface area contributed by atoms with Gasteiger partial charge in [0.05, 0.1) is 23.4 Å². The lowest BCUT2D eigenvalue weighted by Crippen LogP contribution is -2.31. The van der Waals surface area contributed by atoms with Crippen LogP contribution in [0.4, 0.5) is 11.4 Å². The second-order valence-electron chi connectivity index (χ2n) is 10.3. The van der Waals surface area contributed by atoms with Crippen LogP contribution in [-0.4, -0.2) is 30.2 Å². The van der Waals surface area contributed by atoms with Crippen molar-refractivity contribution in [3.05, 3.63) is 53.6 Å². The maximum absolute atomic E-state index is 13.1. The summed E-state index contributed by atoms with van der Waals surface area (Å²) in [6.07, 6.45) is 2.57. The Morgan fingerprint density at radius 3 is 2.37 bits per heavy atom. The maximum atomic E-state index is 13.1. The molecule has 3 fully saturated rings. The van der Waals surface area contributed by atoms with Crippen molar-refractivity contribution in [2.45, 2.75) is 46.5 Å². The van der Waals surface area contributed by atoms with Crippen LogP contribution >= 0.6 is 0 Å². The van der Waals surface area contributed by atoms with Crippen LogP contribution in [0.2, 0.25) is 0 Å². The second-order valence-corrected chi connectivity index (χ2v) is 10.3. The summed E-state index contributed by atoms with van der Waals surface area (Å²) in [5.74, 6) is -1.07. The molecule has 0 spiro atoms. The van der Waals surface area contributed by atoms with E-state index < -0.39 is 11.9 Å². The van der Waals surface area contributed by atoms with Gasteiger partial charge >= 0.3 is 5.97 Å². The molecule has 1 saturated carbocycles. The number of benzene rings is 2. The molecule has 35 heavy (non-hydrogen) atoms. The van der Waals surface area contributed by atoms with Crippen molar-refractivity contribution in [2.75, 3.05) is 16.3 Å². The quantitative estimate of drug-likeness (QED) is 0.377. The summed E-state index contributed by atoms with van der Waals surface area (Å²) in [5, 5.41) is 0. The standard InChI is InChI=1S/C28H30N2O5/c1-16-4-7-20(8-5-16)29-15-19(14-25(29)31)28(34)35-21-9-11-24(18(3)13-21)30-26(32)22-10-6-17(2)12-23(22)27(30)33/h4-5,7-9,11,13,17,19,22-23H,6,10,12,14-15H2,1-3H3/t17-,19-,22-,23+/m1/s1. The summed E-state index contributed by atoms with van der Waals surface area (Å²) >= 11 is 0. The lowest BCUT2D eigenvalue weighted by atomic mass is 9.76. The molecule has 2 aromatic carbocycles. The third-order valence-electron chi connectivity index (χ3n) is 7.62. The predicted molar refractivity (Wildman–Crippen MR) is 131 cm³/mol. The average Bonchev–Trinajstić information content (AvgIpc) is 3.32. The predicted octanol–water partition coefficient (Wildman–Crippen LogP) is 4.19. The third kappa shape index (κ3) is 4.24. The lowest BCUT2D eigenvalue weighted by molar-refractivity contribution is -0.139. The summed E-state index contributed by atoms with van der Waals surface area (Å²) in [6.45, 7) is 6.18. The Morgan fingerprint density at radius 2 is 1.66 bits per heavy atom. The first-order valence-corrected chi connectivity index (χ1v) is 12.3. The number of imide groups is 1. The normalized spacial score (nSPS) is 26.3. The average molecular weight is 475 g/mol. The van der Waals surface area contributed by atoms with Crippen LogP contribution < -0.4 is 14.5 Å². The summed E-state index contributed by atoms with van der Waals surface area (Å²) in [4.78, 5) is 54.4. The molecule has 2 aromatic rings. The number of carbonyl (C=O) groups is 4. The van der Waals surface area contributed by atoms with Crippen molar-refractivity contribution >= 4 is 35.1 Å². The van der Waals surface area contributed by atoms with E-state index in [-0.39, 0.29) is 42.5 Å². The van der Waals surface area contributed by atoms with Gasteiger partial charge in [0.25, 0.3) is 0 Å². The fourth-order valence-corrected chi connectivity index (χ4v) is 5.61. The van der Waals surface area contributed by atoms with E-state index in [1.54, 1.807) is 30.0 Å². The molecule has 7 heteroatoms. The molecule has 4 atom stereocenters. The largest absolute Gasteiger partial charge is 0.426 e. The number of hydrogen-bond donors (Lipinski definition) is 0. The Bertz CT molecular complexity index is 1200. The van der Waals surface area contributed by atoms with E-state index in [1.807, 2.05) is 31.2 Å². The number of amides is 3. The van der Waals surface area contributed by atoms with Crippen LogP contribution in [0.5, 0.6) is 5.75 Å². The van der Waals surface area contributed by atoms with E-state index in [1.165, 1.54) is 4.90 Å². The second kappa shape index (κ2) is 8.95. The van der Waals surface area contributed by atoms with E-state index in [0.29, 0.717) is 22.9 Å². The summed E-state index contributed by atoms with van der Waals surface area (Å²) in [6, 6.07) is 12.6. The Morgan fingerprint density at radius 1 is 0.943 bits per heavy atom. The van der Waals surface area contributed by atoms with Crippen molar-refractivity contribution in [3.8, 4) is 5.75 Å². The zero-order chi connectivity index (χ0) is 24.9. The SMILES string of the molecule is Cc1ccc(N2C[C@H](C(=O)Oc3ccc(N4C(=O)[C@H]5C[C@H](C)CC[C@H]5C4=O)c(C)c3)CC2=O)cc1. The van der Waals surface area contributed by atoms with Crippen molar-refractivity contribution in [1.29, 1.82) is 0 Å². The van der Waals surface area contributed by atoms with Gasteiger partial charge in [-0.15, -0.1) is 0 Å². The van der Waals surface area contributed by atoms with Gasteiger partial charge in [-0.05, 0) is 74.9 Å². The number of carbonyl (C=O) groups excluding carboxylic acids is 4. The van der Waals surface area contributed by atoms with Gasteiger partial charge in [-0.3, -0.25) is 19.2 Å². The smallest absolute Gasteiger partial charge is 0.316 e. The number of hydrogen-bond acceptors (Lipinski definition) is 5. The Kier molecular flexibility index (Phi) is 5.95. The highest BCUT2D eigenvalue weighted by Gasteiger charge is 2.50. The topological polar surface area (TPSA) is 84.0 Å². The van der Waals surface area contributed by atoms with E-state index >= 15 is 0 Å². The monoisotopic (exact) mass is 474 g/mol. The van der Waals surface area contributed by atoms with Crippen LogP contribution in [0, 0.1) is 37.5 Å². The molecular weight excluding hydrogens is 444 g/mol. The van der Waals surface area contributed by atoms with Gasteiger partial charge in [-0.2, -0.15) is 0 Å². The van der Waals surface area contributed by atoms with E-state index in [2.05, 4.69) is 6.92 Å². The molecule has 3 aliphatic rings. The number of nitrogens with zero attached hydrogens (tertiary/aromatic N) is 2. The first-order valence-electron chi connectivity index (χ1n) is 12.3. The van der Waals surface area contributed by atoms with E-state index in [0.717, 1.165) is 30.5 Å². The summed E-state index contributed by atoms with van der Waals surface area (Å²) in [5.41, 5.74) is 3.10. The molecule has 5 rings (SSSR count). The highest BCUT2D eigenvalue weighted by Crippen LogP contribution is 2.43. The van der Waals surface area contributed by atoms with E-state index in [9.17, 15) is 19.2 Å². The highest BCUT2D eigenvalue weighted by molar-refractivity contribution is 6.22. The van der Waals surface area contributed by atoms with Crippen molar-refractivity contribution < 1.29 is 23.9 Å². The van der Waals surface area contributed by atoms with Gasteiger partial charge in [0.2, 0.25) is 17.7 Å². The van der Waals surface area contributed by atoms with Crippen molar-refractivity contribution in [1.82, 2.24) is 0 Å². The highest BCUT2D eigenvalue weighted by atomic mass is 16.5. The molecule has 0 radical (unpaired) electrons. The summed E-state index contributed by atoms with van der Waals surface area (Å²) < 4.78 is 5.60. The zero-order valence-electron chi connectivity index (χ0n) is 20.3. The maximum Gasteiger partial charge on any atom is 0.316 e. The fraction of sp³-hybridized carbons (Fsp3) is 0.429. The van der Waals surface area contributed by atoms with Gasteiger partial charge in [0.15, 0.2) is 0 Å². The van der Waals surface area contributed by atoms with Crippen molar-refractivity contribution in [2.24, 2.45) is 23.7 Å². The lowest BCUT2D eigenvalue weighted by Gasteiger charge is -2.25. The minimum atomic E-state index is -0.560. The molecule has 3 amide bonds. The third-order valence-corrected chi connectivity index (χ3v) is 7.62. The number of aryl methyl sites for hydroxylation is 2. The minimum Gasteiger partial charge on any atom is -0.426 e. The molecule has 0 unspecified atom stereocenters. The molecule has 0 aromatic heterocycles. The molecule has 2 heterocycles. The van der Waals surface area contributed by atoms with Crippen LogP contribution in [-0.2, 0) is 19.2 Å². The molecule has 7 nitrogen and oxygen atoms in total. The molecule has 2 aliphatic heterocycles. The molecule has 1 aliphatic carbocycles. The fourth-order valence-electron chi connectivity index (χ4n) is 5.61. The van der Waals surface area contributed by atoms with E-state index in [4.69, 9.17) is 4.74 Å². The number of esters is 1. The van der Waals surface area contributed by atoms with Gasteiger partial charge in [-0.25, -0.2) is 4.90 Å². The minimum absolute atomic E-state index is 0.0990. The summed E-state index contributed by atoms with van der Waals surface area (Å²) in [7, 11) is 0. The first kappa shape index (κ1) is 23.3. The van der Waals surface area contributed by atoms with Gasteiger partial charge in [-0.1, -0.05) is 24.6 Å². The van der Waals surface area contributed by atoms with Gasteiger partial charge in [0, 0.05) is 18.7 Å². The van der Waals surface area contributed by atoms with Gasteiger partial charge in [0.1, 0.15) is 5.75 Å². The Hall–Kier alpha value is -3.48. The van der Waals surface area contributed by atoms with Gasteiger partial charge < -0.3 is 9.64 Å². The van der Waals surface area contributed by atoms with Crippen LogP contribution in [0.3, 0.4) is 0 Å². The van der Waals surface area contributed by atoms with Crippen LogP contribution in [0.25, 0.3) is 0 Å². The Labute approximate surface area is 205 Å². The number of fused-ring (bicyclic) bond motifs is 1. The van der Waals surface area contributed by atoms with Crippen molar-refractivity contribution in [3.63, 3.8) is 0 Å². The molecule has 0 bridgehead atoms. The molecule has 2 saturated heterocycles. The van der Waals surface area contributed by atoms with Crippen LogP contribution in [0.15, 0.2) is 42.5 Å². The molecule has 182 valence electrons. The zero-order valence-corrected chi connectivity index (χ0v) is 20.3.